The lowest BCUT2D eigenvalue weighted by atomic mass is 10.0. The van der Waals surface area contributed by atoms with Crippen LogP contribution in [0.15, 0.2) is 54.6 Å². The number of rotatable bonds is 7. The number of carbonyl (C=O) groups excluding carboxylic acids is 2. The molecule has 3 rings (SSSR count). The third-order valence-corrected chi connectivity index (χ3v) is 3.86. The second-order valence-electron chi connectivity index (χ2n) is 5.90. The highest BCUT2D eigenvalue weighted by molar-refractivity contribution is 6.09. The normalized spacial score (nSPS) is 13.0. The largest absolute Gasteiger partial charge is 0.325 e. The van der Waals surface area contributed by atoms with Gasteiger partial charge in [0.15, 0.2) is 5.78 Å². The van der Waals surface area contributed by atoms with Gasteiger partial charge in [0.25, 0.3) is 0 Å². The van der Waals surface area contributed by atoms with Crippen LogP contribution in [0.3, 0.4) is 0 Å². The van der Waals surface area contributed by atoms with Gasteiger partial charge in [0.05, 0.1) is 6.54 Å². The molecule has 2 N–H and O–H groups in total. The van der Waals surface area contributed by atoms with Crippen molar-refractivity contribution in [3.63, 3.8) is 0 Å². The minimum Gasteiger partial charge on any atom is -0.325 e. The van der Waals surface area contributed by atoms with E-state index in [1.165, 1.54) is 12.8 Å². The van der Waals surface area contributed by atoms with E-state index in [1.54, 1.807) is 36.4 Å². The third-order valence-electron chi connectivity index (χ3n) is 3.86. The topological polar surface area (TPSA) is 58.2 Å². The van der Waals surface area contributed by atoms with Gasteiger partial charge in [-0.25, -0.2) is 0 Å². The Morgan fingerprint density at radius 2 is 1.67 bits per heavy atom. The molecule has 5 heteroatoms. The predicted octanol–water partition coefficient (Wildman–Crippen LogP) is 3.28. The highest BCUT2D eigenvalue weighted by Crippen LogP contribution is 2.27. The van der Waals surface area contributed by atoms with Crippen molar-refractivity contribution in [2.75, 3.05) is 18.4 Å². The summed E-state index contributed by atoms with van der Waals surface area (Å²) in [5.41, 5.74) is 1.85. The quantitative estimate of drug-likeness (QED) is 0.758. The molecule has 0 saturated heterocycles. The number of ketones is 1. The van der Waals surface area contributed by atoms with Crippen LogP contribution in [0.2, 0.25) is 0 Å². The lowest BCUT2D eigenvalue weighted by Crippen LogP contribution is -2.29. The van der Waals surface area contributed by atoms with Crippen LogP contribution in [0.1, 0.15) is 28.8 Å². The maximum Gasteiger partial charge on any atom is 0.238 e. The Morgan fingerprint density at radius 3 is 2.38 bits per heavy atom. The molecule has 1 fully saturated rings. The first-order valence-corrected chi connectivity index (χ1v) is 7.93. The molecule has 1 aliphatic rings. The summed E-state index contributed by atoms with van der Waals surface area (Å²) in [5.74, 6) is 0.609. The van der Waals surface area contributed by atoms with E-state index in [4.69, 9.17) is 0 Å². The maximum atomic E-state index is 12.4. The maximum absolute atomic E-state index is 12.4. The molecule has 0 radical (unpaired) electrons. The fourth-order valence-corrected chi connectivity index (χ4v) is 2.41. The monoisotopic (exact) mass is 344 g/mol. The molecule has 0 aliphatic heterocycles. The van der Waals surface area contributed by atoms with Crippen LogP contribution in [0.4, 0.5) is 5.69 Å². The van der Waals surface area contributed by atoms with Gasteiger partial charge in [-0.05, 0) is 37.4 Å². The molecule has 2 aromatic carbocycles. The number of carbonyl (C=O) groups is 2. The smallest absolute Gasteiger partial charge is 0.238 e. The Hall–Kier alpha value is -2.17. The Morgan fingerprint density at radius 1 is 0.958 bits per heavy atom. The van der Waals surface area contributed by atoms with Crippen LogP contribution in [-0.4, -0.2) is 24.8 Å². The van der Waals surface area contributed by atoms with Crippen LogP contribution in [-0.2, 0) is 4.79 Å². The molecule has 0 unspecified atom stereocenters. The summed E-state index contributed by atoms with van der Waals surface area (Å²) in [7, 11) is 0. The Balaban J connectivity index is 0.00000208. The number of nitrogens with one attached hydrogen (secondary N) is 2. The SMILES string of the molecule is Cl.O=C(CNCC1CC1)Nc1cccc(C(=O)c2ccccc2)c1. The minimum atomic E-state index is -0.0880. The minimum absolute atomic E-state index is 0. The van der Waals surface area contributed by atoms with Gasteiger partial charge in [0.2, 0.25) is 5.91 Å². The van der Waals surface area contributed by atoms with E-state index < -0.39 is 0 Å². The van der Waals surface area contributed by atoms with Gasteiger partial charge in [-0.2, -0.15) is 0 Å². The number of anilines is 1. The van der Waals surface area contributed by atoms with Crippen molar-refractivity contribution in [1.82, 2.24) is 5.32 Å². The van der Waals surface area contributed by atoms with Gasteiger partial charge < -0.3 is 10.6 Å². The highest BCUT2D eigenvalue weighted by Gasteiger charge is 2.20. The summed E-state index contributed by atoms with van der Waals surface area (Å²) in [4.78, 5) is 24.3. The van der Waals surface area contributed by atoms with Crippen molar-refractivity contribution in [1.29, 1.82) is 0 Å². The fourth-order valence-electron chi connectivity index (χ4n) is 2.41. The van der Waals surface area contributed by atoms with Gasteiger partial charge in [-0.3, -0.25) is 9.59 Å². The van der Waals surface area contributed by atoms with Crippen LogP contribution in [0, 0.1) is 5.92 Å². The zero-order valence-electron chi connectivity index (χ0n) is 13.3. The first-order valence-electron chi connectivity index (χ1n) is 7.93. The molecule has 126 valence electrons. The van der Waals surface area contributed by atoms with Crippen molar-refractivity contribution in [2.45, 2.75) is 12.8 Å². The summed E-state index contributed by atoms with van der Waals surface area (Å²) in [6.07, 6.45) is 2.52. The number of hydrogen-bond donors (Lipinski definition) is 2. The second-order valence-corrected chi connectivity index (χ2v) is 5.90. The Bertz CT molecular complexity index is 700. The van der Waals surface area contributed by atoms with E-state index in [1.807, 2.05) is 18.2 Å². The zero-order chi connectivity index (χ0) is 16.1. The fraction of sp³-hybridized carbons (Fsp3) is 0.263. The van der Waals surface area contributed by atoms with Crippen LogP contribution >= 0.6 is 12.4 Å². The second kappa shape index (κ2) is 8.62. The van der Waals surface area contributed by atoms with Crippen molar-refractivity contribution >= 4 is 29.8 Å². The first-order chi connectivity index (χ1) is 11.2. The molecule has 0 spiro atoms. The van der Waals surface area contributed by atoms with Gasteiger partial charge in [0, 0.05) is 16.8 Å². The van der Waals surface area contributed by atoms with Crippen LogP contribution < -0.4 is 10.6 Å². The summed E-state index contributed by atoms with van der Waals surface area (Å²) < 4.78 is 0. The lowest BCUT2D eigenvalue weighted by Gasteiger charge is -2.08. The molecule has 0 bridgehead atoms. The molecule has 4 nitrogen and oxygen atoms in total. The van der Waals surface area contributed by atoms with E-state index in [9.17, 15) is 9.59 Å². The summed E-state index contributed by atoms with van der Waals surface area (Å²) in [6.45, 7) is 1.20. The number of hydrogen-bond acceptors (Lipinski definition) is 3. The van der Waals surface area contributed by atoms with Crippen molar-refractivity contribution < 1.29 is 9.59 Å². The number of amides is 1. The zero-order valence-corrected chi connectivity index (χ0v) is 14.1. The molecule has 0 heterocycles. The van der Waals surface area contributed by atoms with E-state index in [2.05, 4.69) is 10.6 Å². The van der Waals surface area contributed by atoms with Crippen LogP contribution in [0.25, 0.3) is 0 Å². The molecule has 0 atom stereocenters. The Labute approximate surface area is 148 Å². The van der Waals surface area contributed by atoms with Gasteiger partial charge >= 0.3 is 0 Å². The standard InChI is InChI=1S/C19H20N2O2.ClH/c22-18(13-20-12-14-9-10-14)21-17-8-4-7-16(11-17)19(23)15-5-2-1-3-6-15;/h1-8,11,14,20H,9-10,12-13H2,(H,21,22);1H. The average molecular weight is 345 g/mol. The average Bonchev–Trinajstić information content (AvgIpc) is 3.39. The van der Waals surface area contributed by atoms with E-state index in [0.717, 1.165) is 12.5 Å². The van der Waals surface area contributed by atoms with Crippen LogP contribution in [0.5, 0.6) is 0 Å². The molecule has 1 amide bonds. The molecule has 24 heavy (non-hydrogen) atoms. The van der Waals surface area contributed by atoms with E-state index >= 15 is 0 Å². The van der Waals surface area contributed by atoms with Gasteiger partial charge in [-0.15, -0.1) is 12.4 Å². The van der Waals surface area contributed by atoms with Crippen molar-refractivity contribution in [3.8, 4) is 0 Å². The molecular formula is C19H21ClN2O2. The van der Waals surface area contributed by atoms with Gasteiger partial charge in [0.1, 0.15) is 0 Å². The summed E-state index contributed by atoms with van der Waals surface area (Å²) in [5, 5.41) is 5.98. The molecule has 2 aromatic rings. The molecule has 1 aliphatic carbocycles. The number of benzene rings is 2. The van der Waals surface area contributed by atoms with Gasteiger partial charge in [-0.1, -0.05) is 42.5 Å². The number of halogens is 1. The Kier molecular flexibility index (Phi) is 6.53. The summed E-state index contributed by atoms with van der Waals surface area (Å²) >= 11 is 0. The molecule has 0 aromatic heterocycles. The van der Waals surface area contributed by atoms with Crippen molar-refractivity contribution in [2.24, 2.45) is 5.92 Å². The first kappa shape index (κ1) is 18.2. The third kappa shape index (κ3) is 5.18. The van der Waals surface area contributed by atoms with Crippen molar-refractivity contribution in [3.05, 3.63) is 65.7 Å². The van der Waals surface area contributed by atoms with E-state index in [-0.39, 0.29) is 24.1 Å². The molecule has 1 saturated carbocycles. The predicted molar refractivity (Wildman–Crippen MR) is 97.8 cm³/mol. The highest BCUT2D eigenvalue weighted by atomic mass is 35.5. The van der Waals surface area contributed by atoms with E-state index in [0.29, 0.717) is 23.4 Å². The molecular weight excluding hydrogens is 324 g/mol. The lowest BCUT2D eigenvalue weighted by molar-refractivity contribution is -0.115. The summed E-state index contributed by atoms with van der Waals surface area (Å²) in [6, 6.07) is 16.2.